The maximum absolute atomic E-state index is 11.6. The van der Waals surface area contributed by atoms with Crippen LogP contribution in [-0.4, -0.2) is 39.7 Å². The summed E-state index contributed by atoms with van der Waals surface area (Å²) in [6, 6.07) is 0.705. The Morgan fingerprint density at radius 1 is 1.18 bits per heavy atom. The third-order valence-corrected chi connectivity index (χ3v) is 4.41. The fourth-order valence-electron chi connectivity index (χ4n) is 2.83. The normalized spacial score (nSPS) is 24.8. The maximum atomic E-state index is 11.6. The van der Waals surface area contributed by atoms with Gasteiger partial charge in [-0.25, -0.2) is 4.98 Å². The van der Waals surface area contributed by atoms with Crippen molar-refractivity contribution in [3.63, 3.8) is 0 Å². The molecule has 22 heavy (non-hydrogen) atoms. The number of rotatable bonds is 6. The Bertz CT molecular complexity index is 539. The van der Waals surface area contributed by atoms with Crippen LogP contribution in [0.1, 0.15) is 48.9 Å². The van der Waals surface area contributed by atoms with E-state index in [1.165, 1.54) is 6.20 Å². The lowest BCUT2D eigenvalue weighted by atomic mass is 9.86. The lowest BCUT2D eigenvalue weighted by molar-refractivity contribution is 0.100. The Morgan fingerprint density at radius 3 is 2.41 bits per heavy atom. The van der Waals surface area contributed by atoms with Crippen molar-refractivity contribution in [2.45, 2.75) is 50.6 Å². The van der Waals surface area contributed by atoms with E-state index in [1.807, 2.05) is 0 Å². The number of aliphatic hydroxyl groups is 1. The van der Waals surface area contributed by atoms with E-state index in [-0.39, 0.29) is 12.6 Å². The van der Waals surface area contributed by atoms with Crippen LogP contribution in [0.3, 0.4) is 0 Å². The number of hydrogen-bond acceptors (Lipinski definition) is 6. The van der Waals surface area contributed by atoms with E-state index in [0.29, 0.717) is 29.3 Å². The molecule has 0 atom stereocenters. The van der Waals surface area contributed by atoms with Gasteiger partial charge in [0.25, 0.3) is 5.91 Å². The van der Waals surface area contributed by atoms with Crippen LogP contribution in [0, 0.1) is 5.92 Å². The molecule has 0 bridgehead atoms. The molecule has 2 saturated carbocycles. The predicted molar refractivity (Wildman–Crippen MR) is 83.6 cm³/mol. The van der Waals surface area contributed by atoms with Crippen molar-refractivity contribution in [2.24, 2.45) is 11.7 Å². The molecule has 2 aliphatic carbocycles. The zero-order chi connectivity index (χ0) is 15.5. The number of hydrogen-bond donors (Lipinski definition) is 4. The molecule has 1 amide bonds. The highest BCUT2D eigenvalue weighted by Crippen LogP contribution is 2.28. The summed E-state index contributed by atoms with van der Waals surface area (Å²) in [5.74, 6) is 0.924. The fourth-order valence-corrected chi connectivity index (χ4v) is 2.83. The van der Waals surface area contributed by atoms with Crippen molar-refractivity contribution in [3.05, 3.63) is 11.8 Å². The third kappa shape index (κ3) is 3.65. The average Bonchev–Trinajstić information content (AvgIpc) is 3.32. The van der Waals surface area contributed by atoms with E-state index in [0.717, 1.165) is 38.5 Å². The highest BCUT2D eigenvalue weighted by Gasteiger charge is 2.25. The van der Waals surface area contributed by atoms with Gasteiger partial charge in [-0.05, 0) is 44.4 Å². The lowest BCUT2D eigenvalue weighted by Gasteiger charge is -2.28. The summed E-state index contributed by atoms with van der Waals surface area (Å²) >= 11 is 0. The number of primary amides is 1. The molecule has 3 rings (SSSR count). The summed E-state index contributed by atoms with van der Waals surface area (Å²) in [7, 11) is 0. The summed E-state index contributed by atoms with van der Waals surface area (Å²) in [6.07, 6.45) is 7.64. The average molecular weight is 305 g/mol. The lowest BCUT2D eigenvalue weighted by Crippen LogP contribution is -2.29. The monoisotopic (exact) mass is 305 g/mol. The van der Waals surface area contributed by atoms with Gasteiger partial charge in [0, 0.05) is 24.9 Å². The second-order valence-electron chi connectivity index (χ2n) is 6.28. The van der Waals surface area contributed by atoms with Crippen molar-refractivity contribution in [1.82, 2.24) is 9.97 Å². The summed E-state index contributed by atoms with van der Waals surface area (Å²) in [4.78, 5) is 20.1. The number of nitrogens with one attached hydrogen (secondary N) is 2. The van der Waals surface area contributed by atoms with E-state index in [2.05, 4.69) is 20.6 Å². The quantitative estimate of drug-likeness (QED) is 0.626. The highest BCUT2D eigenvalue weighted by atomic mass is 16.3. The van der Waals surface area contributed by atoms with Gasteiger partial charge in [0.2, 0.25) is 5.95 Å². The van der Waals surface area contributed by atoms with Crippen LogP contribution in [0.4, 0.5) is 11.8 Å². The molecule has 120 valence electrons. The molecule has 1 heterocycles. The topological polar surface area (TPSA) is 113 Å². The van der Waals surface area contributed by atoms with Gasteiger partial charge in [0.1, 0.15) is 5.82 Å². The van der Waals surface area contributed by atoms with Gasteiger partial charge < -0.3 is 21.5 Å². The fraction of sp³-hybridized carbons (Fsp3) is 0.667. The number of carbonyl (C=O) groups excluding carboxylic acids is 1. The number of amides is 1. The highest BCUT2D eigenvalue weighted by molar-refractivity contribution is 5.97. The third-order valence-electron chi connectivity index (χ3n) is 4.41. The first-order chi connectivity index (χ1) is 10.7. The van der Waals surface area contributed by atoms with Crippen LogP contribution in [0.5, 0.6) is 0 Å². The van der Waals surface area contributed by atoms with Crippen LogP contribution < -0.4 is 16.4 Å². The number of aliphatic hydroxyl groups excluding tert-OH is 1. The van der Waals surface area contributed by atoms with Crippen molar-refractivity contribution in [1.29, 1.82) is 0 Å². The first kappa shape index (κ1) is 15.0. The Morgan fingerprint density at radius 2 is 1.82 bits per heavy atom. The van der Waals surface area contributed by atoms with Crippen molar-refractivity contribution >= 4 is 17.7 Å². The molecule has 0 spiro atoms. The van der Waals surface area contributed by atoms with Crippen LogP contribution in [0.2, 0.25) is 0 Å². The largest absolute Gasteiger partial charge is 0.396 e. The van der Waals surface area contributed by atoms with Gasteiger partial charge >= 0.3 is 0 Å². The van der Waals surface area contributed by atoms with E-state index < -0.39 is 5.91 Å². The molecule has 2 fully saturated rings. The van der Waals surface area contributed by atoms with Crippen molar-refractivity contribution in [2.75, 3.05) is 17.2 Å². The van der Waals surface area contributed by atoms with Gasteiger partial charge in [-0.2, -0.15) is 4.98 Å². The predicted octanol–water partition coefficient (Wildman–Crippen LogP) is 1.11. The van der Waals surface area contributed by atoms with Gasteiger partial charge in [0.15, 0.2) is 0 Å². The molecular weight excluding hydrogens is 282 g/mol. The molecule has 7 heteroatoms. The minimum Gasteiger partial charge on any atom is -0.396 e. The van der Waals surface area contributed by atoms with Crippen molar-refractivity contribution in [3.8, 4) is 0 Å². The molecule has 5 N–H and O–H groups in total. The smallest absolute Gasteiger partial charge is 0.254 e. The van der Waals surface area contributed by atoms with E-state index >= 15 is 0 Å². The van der Waals surface area contributed by atoms with E-state index in [4.69, 9.17) is 5.73 Å². The molecule has 0 radical (unpaired) electrons. The Balaban J connectivity index is 1.70. The number of nitrogens with zero attached hydrogens (tertiary/aromatic N) is 2. The van der Waals surface area contributed by atoms with Gasteiger partial charge in [-0.3, -0.25) is 4.79 Å². The zero-order valence-corrected chi connectivity index (χ0v) is 12.6. The van der Waals surface area contributed by atoms with Gasteiger partial charge in [0.05, 0.1) is 5.56 Å². The number of carbonyl (C=O) groups is 1. The van der Waals surface area contributed by atoms with Gasteiger partial charge in [-0.1, -0.05) is 0 Å². The van der Waals surface area contributed by atoms with Crippen LogP contribution >= 0.6 is 0 Å². The van der Waals surface area contributed by atoms with Crippen LogP contribution in [-0.2, 0) is 0 Å². The molecule has 2 aliphatic rings. The minimum atomic E-state index is -0.524. The van der Waals surface area contributed by atoms with Gasteiger partial charge in [-0.15, -0.1) is 0 Å². The number of aromatic nitrogens is 2. The Kier molecular flexibility index (Phi) is 4.42. The second-order valence-corrected chi connectivity index (χ2v) is 6.28. The van der Waals surface area contributed by atoms with E-state index in [9.17, 15) is 9.90 Å². The molecule has 7 nitrogen and oxygen atoms in total. The zero-order valence-electron chi connectivity index (χ0n) is 12.6. The van der Waals surface area contributed by atoms with Crippen LogP contribution in [0.25, 0.3) is 0 Å². The standard InChI is InChI=1S/C15H23N5O2/c16-13(22)12-7-17-15(19-11-5-6-11)20-14(12)18-10-3-1-9(8-21)2-4-10/h7,9-11,21H,1-6,8H2,(H2,16,22)(H2,17,18,19,20)/t9-,10-. The molecule has 1 aromatic rings. The Labute approximate surface area is 129 Å². The molecule has 0 unspecified atom stereocenters. The second kappa shape index (κ2) is 6.48. The Hall–Kier alpha value is -1.89. The molecule has 1 aromatic heterocycles. The number of nitrogens with two attached hydrogens (primary N) is 1. The summed E-state index contributed by atoms with van der Waals surface area (Å²) in [6.45, 7) is 0.252. The minimum absolute atomic E-state index is 0.252. The SMILES string of the molecule is NC(=O)c1cnc(NC2CC2)nc1N[C@H]1CC[C@H](CO)CC1. The molecule has 0 aromatic carbocycles. The number of anilines is 2. The summed E-state index contributed by atoms with van der Waals surface area (Å²) < 4.78 is 0. The van der Waals surface area contributed by atoms with Crippen molar-refractivity contribution < 1.29 is 9.90 Å². The summed E-state index contributed by atoms with van der Waals surface area (Å²) in [5, 5.41) is 15.8. The van der Waals surface area contributed by atoms with E-state index in [1.54, 1.807) is 0 Å². The summed E-state index contributed by atoms with van der Waals surface area (Å²) in [5.41, 5.74) is 5.74. The maximum Gasteiger partial charge on any atom is 0.254 e. The first-order valence-corrected chi connectivity index (χ1v) is 7.96. The molecule has 0 saturated heterocycles. The first-order valence-electron chi connectivity index (χ1n) is 7.96. The molecule has 0 aliphatic heterocycles. The molecular formula is C15H23N5O2. The van der Waals surface area contributed by atoms with Crippen LogP contribution in [0.15, 0.2) is 6.20 Å².